The van der Waals surface area contributed by atoms with Crippen LogP contribution in [-0.4, -0.2) is 53.9 Å². The van der Waals surface area contributed by atoms with Gasteiger partial charge in [-0.15, -0.1) is 0 Å². The zero-order valence-corrected chi connectivity index (χ0v) is 19.3. The topological polar surface area (TPSA) is 73.7 Å². The smallest absolute Gasteiger partial charge is 0.357 e. The molecule has 1 aliphatic rings. The van der Waals surface area contributed by atoms with Crippen LogP contribution in [0.25, 0.3) is 16.9 Å². The number of likely N-dealkylation sites (tertiary alicyclic amines) is 1. The number of aromatic nitrogens is 2. The van der Waals surface area contributed by atoms with E-state index in [1.807, 2.05) is 54.6 Å². The van der Waals surface area contributed by atoms with Crippen molar-refractivity contribution in [3.63, 3.8) is 0 Å². The van der Waals surface area contributed by atoms with Crippen molar-refractivity contribution in [2.75, 3.05) is 27.3 Å². The van der Waals surface area contributed by atoms with Gasteiger partial charge < -0.3 is 9.47 Å². The third-order valence-corrected chi connectivity index (χ3v) is 6.16. The first kappa shape index (κ1) is 22.7. The number of esters is 2. The number of nitrogens with zero attached hydrogens (tertiary/aromatic N) is 3. The molecule has 0 amide bonds. The molecule has 0 unspecified atom stereocenters. The highest BCUT2D eigenvalue weighted by atomic mass is 16.5. The quantitative estimate of drug-likeness (QED) is 0.523. The van der Waals surface area contributed by atoms with Crippen molar-refractivity contribution in [3.05, 3.63) is 71.4 Å². The highest BCUT2D eigenvalue weighted by Crippen LogP contribution is 2.30. The van der Waals surface area contributed by atoms with Gasteiger partial charge in [0, 0.05) is 12.1 Å². The lowest BCUT2D eigenvalue weighted by Gasteiger charge is -2.30. The summed E-state index contributed by atoms with van der Waals surface area (Å²) in [4.78, 5) is 27.9. The second-order valence-electron chi connectivity index (χ2n) is 8.46. The molecule has 1 aliphatic heterocycles. The third-order valence-electron chi connectivity index (χ3n) is 6.16. The Labute approximate surface area is 193 Å². The molecule has 7 nitrogen and oxygen atoms in total. The number of rotatable bonds is 6. The molecule has 33 heavy (non-hydrogen) atoms. The number of para-hydroxylation sites is 1. The minimum atomic E-state index is -0.658. The monoisotopic (exact) mass is 447 g/mol. The van der Waals surface area contributed by atoms with Gasteiger partial charge in [-0.1, -0.05) is 49.4 Å². The molecule has 3 aromatic rings. The van der Waals surface area contributed by atoms with E-state index in [1.165, 1.54) is 37.3 Å². The van der Waals surface area contributed by atoms with Crippen LogP contribution >= 0.6 is 0 Å². The minimum absolute atomic E-state index is 0.0389. The molecule has 2 heterocycles. The summed E-state index contributed by atoms with van der Waals surface area (Å²) in [5, 5.41) is 4.65. The fourth-order valence-corrected chi connectivity index (χ4v) is 4.20. The molecule has 0 N–H and O–H groups in total. The predicted molar refractivity (Wildman–Crippen MR) is 125 cm³/mol. The van der Waals surface area contributed by atoms with Crippen molar-refractivity contribution in [1.82, 2.24) is 14.7 Å². The van der Waals surface area contributed by atoms with E-state index in [4.69, 9.17) is 9.47 Å². The van der Waals surface area contributed by atoms with Crippen molar-refractivity contribution < 1.29 is 19.1 Å². The van der Waals surface area contributed by atoms with Crippen molar-refractivity contribution in [3.8, 4) is 16.9 Å². The van der Waals surface area contributed by atoms with Gasteiger partial charge in [0.05, 0.1) is 19.9 Å². The SMILES string of the molecule is COC(=O)c1c(-c2ccc(CN3CCC(C)CC3)cc2)nn(-c2ccccc2)c1C(=O)OC. The molecule has 1 fully saturated rings. The van der Waals surface area contributed by atoms with E-state index in [9.17, 15) is 9.59 Å². The van der Waals surface area contributed by atoms with Crippen LogP contribution < -0.4 is 0 Å². The Balaban J connectivity index is 1.73. The summed E-state index contributed by atoms with van der Waals surface area (Å²) in [5.74, 6) is -0.503. The van der Waals surface area contributed by atoms with Gasteiger partial charge in [-0.05, 0) is 49.5 Å². The third kappa shape index (κ3) is 4.83. The van der Waals surface area contributed by atoms with Crippen molar-refractivity contribution in [1.29, 1.82) is 0 Å². The Morgan fingerprint density at radius 2 is 1.58 bits per heavy atom. The maximum atomic E-state index is 12.8. The zero-order valence-electron chi connectivity index (χ0n) is 19.3. The highest BCUT2D eigenvalue weighted by molar-refractivity contribution is 6.06. The molecule has 0 saturated carbocycles. The second-order valence-corrected chi connectivity index (χ2v) is 8.46. The first-order valence-corrected chi connectivity index (χ1v) is 11.2. The Kier molecular flexibility index (Phi) is 6.89. The number of ether oxygens (including phenoxy) is 2. The molecular formula is C26H29N3O4. The Morgan fingerprint density at radius 1 is 0.939 bits per heavy atom. The molecule has 7 heteroatoms. The van der Waals surface area contributed by atoms with E-state index >= 15 is 0 Å². The Bertz CT molecular complexity index is 1110. The summed E-state index contributed by atoms with van der Waals surface area (Å²) in [6.07, 6.45) is 2.46. The molecular weight excluding hydrogens is 418 g/mol. The van der Waals surface area contributed by atoms with Gasteiger partial charge in [-0.25, -0.2) is 14.3 Å². The largest absolute Gasteiger partial charge is 0.465 e. The average Bonchev–Trinajstić information content (AvgIpc) is 3.26. The number of benzene rings is 2. The highest BCUT2D eigenvalue weighted by Gasteiger charge is 2.31. The van der Waals surface area contributed by atoms with Gasteiger partial charge in [0.25, 0.3) is 0 Å². The van der Waals surface area contributed by atoms with E-state index in [2.05, 4.69) is 16.9 Å². The van der Waals surface area contributed by atoms with E-state index in [0.717, 1.165) is 31.1 Å². The summed E-state index contributed by atoms with van der Waals surface area (Å²) in [6.45, 7) is 5.42. The van der Waals surface area contributed by atoms with Gasteiger partial charge in [0.15, 0.2) is 5.69 Å². The van der Waals surface area contributed by atoms with Crippen LogP contribution in [0.3, 0.4) is 0 Å². The molecule has 1 aromatic heterocycles. The van der Waals surface area contributed by atoms with Gasteiger partial charge in [0.2, 0.25) is 0 Å². The lowest BCUT2D eigenvalue weighted by molar-refractivity contribution is 0.0549. The summed E-state index contributed by atoms with van der Waals surface area (Å²) < 4.78 is 11.4. The van der Waals surface area contributed by atoms with Crippen molar-refractivity contribution >= 4 is 11.9 Å². The summed E-state index contributed by atoms with van der Waals surface area (Å²) in [6, 6.07) is 17.1. The van der Waals surface area contributed by atoms with Gasteiger partial charge >= 0.3 is 11.9 Å². The maximum Gasteiger partial charge on any atom is 0.357 e. The van der Waals surface area contributed by atoms with E-state index in [0.29, 0.717) is 11.4 Å². The van der Waals surface area contributed by atoms with Crippen LogP contribution in [0.1, 0.15) is 46.2 Å². The van der Waals surface area contributed by atoms with E-state index in [-0.39, 0.29) is 11.3 Å². The number of piperidine rings is 1. The normalized spacial score (nSPS) is 14.8. The number of hydrogen-bond acceptors (Lipinski definition) is 6. The zero-order chi connectivity index (χ0) is 23.4. The molecule has 0 atom stereocenters. The Hall–Kier alpha value is -3.45. The predicted octanol–water partition coefficient (Wildman–Crippen LogP) is 4.34. The number of methoxy groups -OCH3 is 2. The Morgan fingerprint density at radius 3 is 2.18 bits per heavy atom. The molecule has 0 radical (unpaired) electrons. The van der Waals surface area contributed by atoms with E-state index < -0.39 is 11.9 Å². The van der Waals surface area contributed by atoms with Gasteiger partial charge in [0.1, 0.15) is 11.3 Å². The number of carbonyl (C=O) groups excluding carboxylic acids is 2. The standard InChI is InChI=1S/C26H29N3O4/c1-18-13-15-28(16-14-18)17-19-9-11-20(12-10-19)23-22(25(30)32-2)24(26(31)33-3)29(27-23)21-7-5-4-6-8-21/h4-12,18H,13-17H2,1-3H3. The summed E-state index contributed by atoms with van der Waals surface area (Å²) in [5.41, 5.74) is 3.08. The molecule has 1 saturated heterocycles. The van der Waals surface area contributed by atoms with Crippen LogP contribution in [0.4, 0.5) is 0 Å². The van der Waals surface area contributed by atoms with Crippen LogP contribution in [0.15, 0.2) is 54.6 Å². The average molecular weight is 448 g/mol. The maximum absolute atomic E-state index is 12.8. The first-order valence-electron chi connectivity index (χ1n) is 11.2. The molecule has 0 aliphatic carbocycles. The summed E-state index contributed by atoms with van der Waals surface area (Å²) in [7, 11) is 2.57. The minimum Gasteiger partial charge on any atom is -0.465 e. The van der Waals surface area contributed by atoms with Crippen molar-refractivity contribution in [2.45, 2.75) is 26.3 Å². The van der Waals surface area contributed by atoms with Crippen molar-refractivity contribution in [2.24, 2.45) is 5.92 Å². The number of carbonyl (C=O) groups is 2. The fourth-order valence-electron chi connectivity index (χ4n) is 4.20. The van der Waals surface area contributed by atoms with Crippen LogP contribution in [0.2, 0.25) is 0 Å². The lowest BCUT2D eigenvalue weighted by atomic mass is 9.98. The van der Waals surface area contributed by atoms with Crippen LogP contribution in [0.5, 0.6) is 0 Å². The lowest BCUT2D eigenvalue weighted by Crippen LogP contribution is -2.32. The molecule has 172 valence electrons. The first-order chi connectivity index (χ1) is 16.0. The van der Waals surface area contributed by atoms with Gasteiger partial charge in [-0.2, -0.15) is 5.10 Å². The molecule has 0 spiro atoms. The second kappa shape index (κ2) is 10.0. The molecule has 0 bridgehead atoms. The summed E-state index contributed by atoms with van der Waals surface area (Å²) >= 11 is 0. The molecule has 4 rings (SSSR count). The van der Waals surface area contributed by atoms with Crippen LogP contribution in [-0.2, 0) is 16.0 Å². The van der Waals surface area contributed by atoms with Crippen LogP contribution in [0, 0.1) is 5.92 Å². The molecule has 2 aromatic carbocycles. The number of hydrogen-bond donors (Lipinski definition) is 0. The van der Waals surface area contributed by atoms with E-state index in [1.54, 1.807) is 0 Å². The van der Waals surface area contributed by atoms with Gasteiger partial charge in [-0.3, -0.25) is 4.90 Å². The fraction of sp³-hybridized carbons (Fsp3) is 0.346.